The molecule has 7 heteroatoms. The van der Waals surface area contributed by atoms with Gasteiger partial charge in [0.05, 0.1) is 20.8 Å². The smallest absolute Gasteiger partial charge is 0.312 e. The molecule has 1 rings (SSSR count). The van der Waals surface area contributed by atoms with E-state index in [-0.39, 0.29) is 34.0 Å². The molecule has 0 atom stereocenters. The van der Waals surface area contributed by atoms with E-state index in [0.29, 0.717) is 0 Å². The summed E-state index contributed by atoms with van der Waals surface area (Å²) >= 11 is 16.7. The van der Waals surface area contributed by atoms with Gasteiger partial charge in [0.2, 0.25) is 0 Å². The molecule has 0 radical (unpaired) electrons. The lowest BCUT2D eigenvalue weighted by molar-refractivity contribution is -0.385. The van der Waals surface area contributed by atoms with Crippen LogP contribution in [0.4, 0.5) is 5.69 Å². The molecule has 0 heterocycles. The van der Waals surface area contributed by atoms with Gasteiger partial charge in [0, 0.05) is 12.1 Å². The van der Waals surface area contributed by atoms with E-state index >= 15 is 0 Å². The third-order valence-corrected chi connectivity index (χ3v) is 2.41. The summed E-state index contributed by atoms with van der Waals surface area (Å²) in [5, 5.41) is 11.0. The molecule has 0 aliphatic heterocycles. The van der Waals surface area contributed by atoms with Gasteiger partial charge in [-0.1, -0.05) is 23.2 Å². The SMILES string of the molecule is O=[N+]([O-])c1cc(Cl)c(Cl)cc1OCCCl. The van der Waals surface area contributed by atoms with Crippen LogP contribution in [0.5, 0.6) is 5.75 Å². The molecular weight excluding hydrogens is 264 g/mol. The zero-order valence-electron chi connectivity index (χ0n) is 7.37. The van der Waals surface area contributed by atoms with E-state index in [1.165, 1.54) is 6.07 Å². The zero-order chi connectivity index (χ0) is 11.4. The van der Waals surface area contributed by atoms with Gasteiger partial charge in [-0.2, -0.15) is 0 Å². The van der Waals surface area contributed by atoms with Crippen molar-refractivity contribution < 1.29 is 9.66 Å². The molecule has 82 valence electrons. The van der Waals surface area contributed by atoms with Gasteiger partial charge in [0.25, 0.3) is 0 Å². The van der Waals surface area contributed by atoms with E-state index in [9.17, 15) is 10.1 Å². The first-order valence-corrected chi connectivity index (χ1v) is 5.17. The number of benzene rings is 1. The summed E-state index contributed by atoms with van der Waals surface area (Å²) < 4.78 is 5.07. The van der Waals surface area contributed by atoms with Crippen LogP contribution in [0, 0.1) is 10.1 Å². The standard InChI is InChI=1S/C8H6Cl3NO3/c9-1-2-15-8-4-6(11)5(10)3-7(8)12(13)14/h3-4H,1-2H2. The summed E-state index contributed by atoms with van der Waals surface area (Å²) in [4.78, 5) is 10.0. The first kappa shape index (κ1) is 12.4. The van der Waals surface area contributed by atoms with Crippen molar-refractivity contribution in [3.63, 3.8) is 0 Å². The Bertz CT molecular complexity index is 384. The van der Waals surface area contributed by atoms with Gasteiger partial charge < -0.3 is 4.74 Å². The van der Waals surface area contributed by atoms with Crippen molar-refractivity contribution in [1.29, 1.82) is 0 Å². The van der Waals surface area contributed by atoms with Crippen LogP contribution in [0.25, 0.3) is 0 Å². The van der Waals surface area contributed by atoms with Crippen molar-refractivity contribution in [3.05, 3.63) is 32.3 Å². The Labute approximate surface area is 101 Å². The molecular formula is C8H6Cl3NO3. The van der Waals surface area contributed by atoms with Crippen molar-refractivity contribution in [2.75, 3.05) is 12.5 Å². The lowest BCUT2D eigenvalue weighted by Gasteiger charge is -2.05. The van der Waals surface area contributed by atoms with Crippen molar-refractivity contribution in [2.24, 2.45) is 0 Å². The monoisotopic (exact) mass is 269 g/mol. The van der Waals surface area contributed by atoms with E-state index in [1.54, 1.807) is 0 Å². The highest BCUT2D eigenvalue weighted by atomic mass is 35.5. The van der Waals surface area contributed by atoms with Gasteiger partial charge in [-0.05, 0) is 0 Å². The highest BCUT2D eigenvalue weighted by Gasteiger charge is 2.18. The van der Waals surface area contributed by atoms with Gasteiger partial charge in [0.1, 0.15) is 6.61 Å². The second-order valence-corrected chi connectivity index (χ2v) is 3.72. The summed E-state index contributed by atoms with van der Waals surface area (Å²) in [6.45, 7) is 0.167. The van der Waals surface area contributed by atoms with E-state index < -0.39 is 4.92 Å². The summed E-state index contributed by atoms with van der Waals surface area (Å²) in [7, 11) is 0. The number of nitro benzene ring substituents is 1. The minimum atomic E-state index is -0.591. The third-order valence-electron chi connectivity index (χ3n) is 1.53. The normalized spacial score (nSPS) is 10.1. The highest BCUT2D eigenvalue weighted by molar-refractivity contribution is 6.42. The highest BCUT2D eigenvalue weighted by Crippen LogP contribution is 2.35. The molecule has 4 nitrogen and oxygen atoms in total. The van der Waals surface area contributed by atoms with E-state index in [2.05, 4.69) is 0 Å². The fraction of sp³-hybridized carbons (Fsp3) is 0.250. The molecule has 0 aliphatic carbocycles. The summed E-state index contributed by atoms with van der Waals surface area (Å²) in [6, 6.07) is 2.45. The van der Waals surface area contributed by atoms with Crippen molar-refractivity contribution in [3.8, 4) is 5.75 Å². The average molecular weight is 270 g/mol. The first-order valence-electron chi connectivity index (χ1n) is 3.88. The summed E-state index contributed by atoms with van der Waals surface area (Å²) in [5.74, 6) is 0.298. The fourth-order valence-corrected chi connectivity index (χ4v) is 1.31. The predicted octanol–water partition coefficient (Wildman–Crippen LogP) is 3.52. The molecule has 0 saturated heterocycles. The van der Waals surface area contributed by atoms with E-state index in [1.807, 2.05) is 0 Å². The molecule has 0 spiro atoms. The number of rotatable bonds is 4. The van der Waals surface area contributed by atoms with Crippen LogP contribution in [-0.4, -0.2) is 17.4 Å². The Morgan fingerprint density at radius 3 is 2.47 bits per heavy atom. The minimum absolute atomic E-state index is 0.0649. The van der Waals surface area contributed by atoms with Crippen molar-refractivity contribution >= 4 is 40.5 Å². The third kappa shape index (κ3) is 3.12. The number of alkyl halides is 1. The number of nitrogens with zero attached hydrogens (tertiary/aromatic N) is 1. The maximum Gasteiger partial charge on any atom is 0.312 e. The predicted molar refractivity (Wildman–Crippen MR) is 59.3 cm³/mol. The van der Waals surface area contributed by atoms with Gasteiger partial charge in [-0.15, -0.1) is 11.6 Å². The summed E-state index contributed by atoms with van der Waals surface area (Å²) in [6.07, 6.45) is 0. The Balaban J connectivity index is 3.10. The number of ether oxygens (including phenoxy) is 1. The van der Waals surface area contributed by atoms with Gasteiger partial charge in [0.15, 0.2) is 5.75 Å². The Morgan fingerprint density at radius 1 is 1.33 bits per heavy atom. The van der Waals surface area contributed by atoms with Crippen LogP contribution in [0.3, 0.4) is 0 Å². The van der Waals surface area contributed by atoms with Crippen LogP contribution in [0.2, 0.25) is 10.0 Å². The molecule has 0 aliphatic rings. The van der Waals surface area contributed by atoms with Crippen molar-refractivity contribution in [1.82, 2.24) is 0 Å². The quantitative estimate of drug-likeness (QED) is 0.478. The topological polar surface area (TPSA) is 52.4 Å². The molecule has 0 saturated carbocycles. The van der Waals surface area contributed by atoms with Crippen molar-refractivity contribution in [2.45, 2.75) is 0 Å². The minimum Gasteiger partial charge on any atom is -0.486 e. The van der Waals surface area contributed by atoms with E-state index in [0.717, 1.165) is 6.07 Å². The second-order valence-electron chi connectivity index (χ2n) is 2.53. The number of halogens is 3. The molecule has 0 aromatic heterocycles. The molecule has 1 aromatic rings. The lowest BCUT2D eigenvalue weighted by Crippen LogP contribution is -2.01. The molecule has 0 unspecified atom stereocenters. The van der Waals surface area contributed by atoms with E-state index in [4.69, 9.17) is 39.5 Å². The van der Waals surface area contributed by atoms with Gasteiger partial charge >= 0.3 is 5.69 Å². The summed E-state index contributed by atoms with van der Waals surface area (Å²) in [5.41, 5.74) is -0.227. The van der Waals surface area contributed by atoms with Crippen LogP contribution in [-0.2, 0) is 0 Å². The second kappa shape index (κ2) is 5.39. The van der Waals surface area contributed by atoms with Gasteiger partial charge in [-0.25, -0.2) is 0 Å². The maximum absolute atomic E-state index is 10.6. The Kier molecular flexibility index (Phi) is 4.45. The average Bonchev–Trinajstić information content (AvgIpc) is 2.19. The number of nitro groups is 1. The first-order chi connectivity index (χ1) is 7.06. The number of hydrogen-bond acceptors (Lipinski definition) is 3. The molecule has 0 N–H and O–H groups in total. The Hall–Kier alpha value is -0.710. The van der Waals surface area contributed by atoms with Gasteiger partial charge in [-0.3, -0.25) is 10.1 Å². The van der Waals surface area contributed by atoms with Crippen LogP contribution >= 0.6 is 34.8 Å². The molecule has 0 amide bonds. The largest absolute Gasteiger partial charge is 0.486 e. The van der Waals surface area contributed by atoms with Crippen LogP contribution in [0.1, 0.15) is 0 Å². The zero-order valence-corrected chi connectivity index (χ0v) is 9.64. The van der Waals surface area contributed by atoms with Crippen LogP contribution < -0.4 is 4.74 Å². The molecule has 0 bridgehead atoms. The lowest BCUT2D eigenvalue weighted by atomic mass is 10.3. The fourth-order valence-electron chi connectivity index (χ4n) is 0.925. The molecule has 15 heavy (non-hydrogen) atoms. The molecule has 0 fully saturated rings. The Morgan fingerprint density at radius 2 is 1.93 bits per heavy atom. The molecule has 1 aromatic carbocycles. The number of hydrogen-bond donors (Lipinski definition) is 0. The van der Waals surface area contributed by atoms with Crippen LogP contribution in [0.15, 0.2) is 12.1 Å². The maximum atomic E-state index is 10.6.